The molecular weight excluding hydrogens is 216 g/mol. The molecule has 3 rings (SSSR count). The SMILES string of the molecule is Cc1cc(-n2cncn2)c2c(n1)C(O)CCC2. The number of aryl methyl sites for hydroxylation is 1. The van der Waals surface area contributed by atoms with E-state index in [9.17, 15) is 5.11 Å². The molecule has 1 aliphatic carbocycles. The lowest BCUT2D eigenvalue weighted by molar-refractivity contribution is 0.151. The minimum absolute atomic E-state index is 0.444. The first-order valence-electron chi connectivity index (χ1n) is 5.79. The molecule has 0 radical (unpaired) electrons. The van der Waals surface area contributed by atoms with Crippen molar-refractivity contribution in [3.63, 3.8) is 0 Å². The predicted molar refractivity (Wildman–Crippen MR) is 61.8 cm³/mol. The lowest BCUT2D eigenvalue weighted by Crippen LogP contribution is -2.15. The van der Waals surface area contributed by atoms with Gasteiger partial charge in [0.25, 0.3) is 0 Å². The van der Waals surface area contributed by atoms with E-state index in [1.807, 2.05) is 13.0 Å². The summed E-state index contributed by atoms with van der Waals surface area (Å²) in [6, 6.07) is 1.99. The molecule has 0 fully saturated rings. The van der Waals surface area contributed by atoms with Gasteiger partial charge in [0, 0.05) is 11.3 Å². The Balaban J connectivity index is 2.21. The second kappa shape index (κ2) is 3.92. The quantitative estimate of drug-likeness (QED) is 0.803. The van der Waals surface area contributed by atoms with Crippen molar-refractivity contribution < 1.29 is 5.11 Å². The Morgan fingerprint density at radius 2 is 2.35 bits per heavy atom. The fraction of sp³-hybridized carbons (Fsp3) is 0.417. The molecule has 2 heterocycles. The van der Waals surface area contributed by atoms with E-state index < -0.39 is 6.10 Å². The molecule has 0 saturated heterocycles. The molecular formula is C12H14N4O. The molecule has 2 aromatic rings. The van der Waals surface area contributed by atoms with Gasteiger partial charge in [-0.15, -0.1) is 0 Å². The molecule has 0 amide bonds. The summed E-state index contributed by atoms with van der Waals surface area (Å²) in [4.78, 5) is 8.42. The highest BCUT2D eigenvalue weighted by atomic mass is 16.3. The number of nitrogens with zero attached hydrogens (tertiary/aromatic N) is 4. The minimum atomic E-state index is -0.444. The van der Waals surface area contributed by atoms with E-state index in [2.05, 4.69) is 15.1 Å². The molecule has 1 N–H and O–H groups in total. The monoisotopic (exact) mass is 230 g/mol. The van der Waals surface area contributed by atoms with Gasteiger partial charge in [-0.2, -0.15) is 5.10 Å². The summed E-state index contributed by atoms with van der Waals surface area (Å²) in [5.74, 6) is 0. The third-order valence-corrected chi connectivity index (χ3v) is 3.15. The van der Waals surface area contributed by atoms with Crippen LogP contribution in [0.2, 0.25) is 0 Å². The van der Waals surface area contributed by atoms with Crippen LogP contribution in [0.4, 0.5) is 0 Å². The van der Waals surface area contributed by atoms with Gasteiger partial charge in [0.05, 0.1) is 17.5 Å². The Morgan fingerprint density at radius 3 is 3.12 bits per heavy atom. The summed E-state index contributed by atoms with van der Waals surface area (Å²) < 4.78 is 1.74. The van der Waals surface area contributed by atoms with E-state index in [4.69, 9.17) is 0 Å². The van der Waals surface area contributed by atoms with Gasteiger partial charge in [-0.1, -0.05) is 0 Å². The van der Waals surface area contributed by atoms with Crippen molar-refractivity contribution in [2.24, 2.45) is 0 Å². The molecule has 0 aliphatic heterocycles. The normalized spacial score (nSPS) is 19.1. The van der Waals surface area contributed by atoms with E-state index >= 15 is 0 Å². The van der Waals surface area contributed by atoms with Gasteiger partial charge in [-0.25, -0.2) is 9.67 Å². The topological polar surface area (TPSA) is 63.8 Å². The molecule has 1 atom stereocenters. The highest BCUT2D eigenvalue weighted by Crippen LogP contribution is 2.31. The van der Waals surface area contributed by atoms with Crippen LogP contribution in [0.5, 0.6) is 0 Å². The first-order chi connectivity index (χ1) is 8.25. The molecule has 1 aliphatic rings. The van der Waals surface area contributed by atoms with Crippen molar-refractivity contribution in [1.29, 1.82) is 0 Å². The Kier molecular flexibility index (Phi) is 2.40. The van der Waals surface area contributed by atoms with E-state index in [1.54, 1.807) is 11.0 Å². The van der Waals surface area contributed by atoms with Crippen LogP contribution in [0.1, 0.15) is 35.9 Å². The summed E-state index contributed by atoms with van der Waals surface area (Å²) in [5.41, 5.74) is 3.79. The second-order valence-corrected chi connectivity index (χ2v) is 4.39. The Labute approximate surface area is 99.1 Å². The maximum absolute atomic E-state index is 10.00. The van der Waals surface area contributed by atoms with Crippen molar-refractivity contribution in [2.45, 2.75) is 32.3 Å². The van der Waals surface area contributed by atoms with Crippen molar-refractivity contribution in [2.75, 3.05) is 0 Å². The largest absolute Gasteiger partial charge is 0.387 e. The third-order valence-electron chi connectivity index (χ3n) is 3.15. The van der Waals surface area contributed by atoms with E-state index in [1.165, 1.54) is 6.33 Å². The van der Waals surface area contributed by atoms with Crippen LogP contribution in [0.15, 0.2) is 18.7 Å². The third kappa shape index (κ3) is 1.72. The molecule has 2 aromatic heterocycles. The van der Waals surface area contributed by atoms with Crippen LogP contribution < -0.4 is 0 Å². The van der Waals surface area contributed by atoms with Crippen molar-refractivity contribution in [1.82, 2.24) is 19.7 Å². The van der Waals surface area contributed by atoms with Crippen LogP contribution >= 0.6 is 0 Å². The van der Waals surface area contributed by atoms with Gasteiger partial charge in [-0.3, -0.25) is 4.98 Å². The summed E-state index contributed by atoms with van der Waals surface area (Å²) in [6.45, 7) is 1.93. The molecule has 1 unspecified atom stereocenters. The Morgan fingerprint density at radius 1 is 1.47 bits per heavy atom. The maximum atomic E-state index is 10.00. The molecule has 0 spiro atoms. The van der Waals surface area contributed by atoms with Gasteiger partial charge in [-0.05, 0) is 32.3 Å². The number of pyridine rings is 1. The number of rotatable bonds is 1. The molecule has 5 heteroatoms. The van der Waals surface area contributed by atoms with Gasteiger partial charge < -0.3 is 5.11 Å². The van der Waals surface area contributed by atoms with E-state index in [0.29, 0.717) is 0 Å². The van der Waals surface area contributed by atoms with E-state index in [0.717, 1.165) is 41.9 Å². The maximum Gasteiger partial charge on any atom is 0.138 e. The number of fused-ring (bicyclic) bond motifs is 1. The lowest BCUT2D eigenvalue weighted by Gasteiger charge is -2.23. The highest BCUT2D eigenvalue weighted by molar-refractivity contribution is 5.45. The van der Waals surface area contributed by atoms with Gasteiger partial charge in [0.1, 0.15) is 12.7 Å². The van der Waals surface area contributed by atoms with Crippen molar-refractivity contribution in [3.05, 3.63) is 35.7 Å². The zero-order valence-corrected chi connectivity index (χ0v) is 9.67. The minimum Gasteiger partial charge on any atom is -0.387 e. The smallest absolute Gasteiger partial charge is 0.138 e. The van der Waals surface area contributed by atoms with Gasteiger partial charge >= 0.3 is 0 Å². The number of hydrogen-bond donors (Lipinski definition) is 1. The number of aliphatic hydroxyl groups is 1. The summed E-state index contributed by atoms with van der Waals surface area (Å²) in [5, 5.41) is 14.2. The summed E-state index contributed by atoms with van der Waals surface area (Å²) in [7, 11) is 0. The summed E-state index contributed by atoms with van der Waals surface area (Å²) >= 11 is 0. The van der Waals surface area contributed by atoms with Crippen LogP contribution in [0.25, 0.3) is 5.69 Å². The van der Waals surface area contributed by atoms with Crippen molar-refractivity contribution in [3.8, 4) is 5.69 Å². The zero-order chi connectivity index (χ0) is 11.8. The van der Waals surface area contributed by atoms with Gasteiger partial charge in [0.2, 0.25) is 0 Å². The van der Waals surface area contributed by atoms with Crippen molar-refractivity contribution >= 4 is 0 Å². The first kappa shape index (κ1) is 10.4. The average molecular weight is 230 g/mol. The lowest BCUT2D eigenvalue weighted by atomic mass is 9.92. The molecule has 17 heavy (non-hydrogen) atoms. The molecule has 88 valence electrons. The fourth-order valence-corrected chi connectivity index (χ4v) is 2.38. The van der Waals surface area contributed by atoms with Crippen LogP contribution in [-0.2, 0) is 6.42 Å². The fourth-order valence-electron chi connectivity index (χ4n) is 2.38. The Hall–Kier alpha value is -1.75. The second-order valence-electron chi connectivity index (χ2n) is 4.39. The molecule has 0 saturated carbocycles. The molecule has 0 aromatic carbocycles. The Bertz CT molecular complexity index is 536. The molecule has 0 bridgehead atoms. The van der Waals surface area contributed by atoms with Crippen LogP contribution in [0.3, 0.4) is 0 Å². The average Bonchev–Trinajstić information content (AvgIpc) is 2.83. The number of hydrogen-bond acceptors (Lipinski definition) is 4. The van der Waals surface area contributed by atoms with Gasteiger partial charge in [0.15, 0.2) is 0 Å². The van der Waals surface area contributed by atoms with Crippen LogP contribution in [0, 0.1) is 6.92 Å². The predicted octanol–water partition coefficient (Wildman–Crippen LogP) is 1.34. The molecule has 5 nitrogen and oxygen atoms in total. The zero-order valence-electron chi connectivity index (χ0n) is 9.67. The first-order valence-corrected chi connectivity index (χ1v) is 5.79. The number of aliphatic hydroxyl groups excluding tert-OH is 1. The van der Waals surface area contributed by atoms with Crippen LogP contribution in [-0.4, -0.2) is 24.9 Å². The summed E-state index contributed by atoms with van der Waals surface area (Å²) in [6.07, 6.45) is 5.47. The van der Waals surface area contributed by atoms with E-state index in [-0.39, 0.29) is 0 Å². The highest BCUT2D eigenvalue weighted by Gasteiger charge is 2.23. The number of aromatic nitrogens is 4. The standard InChI is InChI=1S/C12H14N4O/c1-8-5-10(16-7-13-6-14-16)9-3-2-4-11(17)12(9)15-8/h5-7,11,17H,2-4H2,1H3.